The molecule has 8 nitrogen and oxygen atoms in total. The van der Waals surface area contributed by atoms with Crippen molar-refractivity contribution in [3.05, 3.63) is 73.1 Å². The summed E-state index contributed by atoms with van der Waals surface area (Å²) in [7, 11) is 0. The van der Waals surface area contributed by atoms with E-state index < -0.39 is 5.91 Å². The van der Waals surface area contributed by atoms with E-state index in [1.807, 2.05) is 54.6 Å². The van der Waals surface area contributed by atoms with Gasteiger partial charge in [-0.2, -0.15) is 5.26 Å². The SMILES string of the molecule is C=C(C#N)C(=O)N[C@H]1CC[C@@H](Nc2ncnc(N)c2-c2ccc(Oc3ccccc3)cc2)CC1. The highest BCUT2D eigenvalue weighted by Crippen LogP contribution is 2.34. The number of para-hydroxylation sites is 1. The quantitative estimate of drug-likeness (QED) is 0.356. The smallest absolute Gasteiger partial charge is 0.261 e. The molecular weight excluding hydrogens is 428 g/mol. The van der Waals surface area contributed by atoms with E-state index in [0.29, 0.717) is 11.6 Å². The molecule has 0 saturated heterocycles. The Morgan fingerprint density at radius 2 is 1.65 bits per heavy atom. The molecule has 1 aliphatic rings. The summed E-state index contributed by atoms with van der Waals surface area (Å²) in [5, 5.41) is 15.2. The van der Waals surface area contributed by atoms with Crippen LogP contribution in [0.5, 0.6) is 11.5 Å². The van der Waals surface area contributed by atoms with Gasteiger partial charge in [0.1, 0.15) is 41.1 Å². The van der Waals surface area contributed by atoms with Crippen molar-refractivity contribution in [1.82, 2.24) is 15.3 Å². The number of nitriles is 1. The summed E-state index contributed by atoms with van der Waals surface area (Å²) in [5.41, 5.74) is 7.80. The molecule has 1 heterocycles. The van der Waals surface area contributed by atoms with Gasteiger partial charge in [-0.1, -0.05) is 36.9 Å². The van der Waals surface area contributed by atoms with Crippen LogP contribution in [0.4, 0.5) is 11.6 Å². The van der Waals surface area contributed by atoms with Crippen molar-refractivity contribution in [1.29, 1.82) is 5.26 Å². The van der Waals surface area contributed by atoms with Crippen molar-refractivity contribution >= 4 is 17.5 Å². The van der Waals surface area contributed by atoms with E-state index in [0.717, 1.165) is 48.3 Å². The Morgan fingerprint density at radius 1 is 1.00 bits per heavy atom. The molecular formula is C26H26N6O2. The molecule has 1 saturated carbocycles. The van der Waals surface area contributed by atoms with E-state index in [1.54, 1.807) is 6.07 Å². The summed E-state index contributed by atoms with van der Waals surface area (Å²) >= 11 is 0. The number of nitrogens with zero attached hydrogens (tertiary/aromatic N) is 3. The second-order valence-corrected chi connectivity index (χ2v) is 8.18. The van der Waals surface area contributed by atoms with Crippen LogP contribution < -0.4 is 21.1 Å². The first-order valence-electron chi connectivity index (χ1n) is 11.1. The molecule has 0 spiro atoms. The van der Waals surface area contributed by atoms with Crippen LogP contribution in [-0.2, 0) is 4.79 Å². The molecule has 3 aromatic rings. The van der Waals surface area contributed by atoms with E-state index in [9.17, 15) is 4.79 Å². The maximum Gasteiger partial charge on any atom is 0.261 e. The third-order valence-electron chi connectivity index (χ3n) is 5.81. The number of carbonyl (C=O) groups excluding carboxylic acids is 1. The maximum atomic E-state index is 11.9. The number of ether oxygens (including phenoxy) is 1. The average molecular weight is 455 g/mol. The lowest BCUT2D eigenvalue weighted by molar-refractivity contribution is -0.118. The molecule has 2 aromatic carbocycles. The number of nitrogens with one attached hydrogen (secondary N) is 2. The molecule has 0 radical (unpaired) electrons. The highest BCUT2D eigenvalue weighted by molar-refractivity contribution is 5.96. The Kier molecular flexibility index (Phi) is 7.04. The lowest BCUT2D eigenvalue weighted by atomic mass is 9.90. The highest BCUT2D eigenvalue weighted by Gasteiger charge is 2.24. The van der Waals surface area contributed by atoms with E-state index in [-0.39, 0.29) is 17.7 Å². The van der Waals surface area contributed by atoms with Crippen LogP contribution in [0.2, 0.25) is 0 Å². The minimum atomic E-state index is -0.399. The van der Waals surface area contributed by atoms with E-state index in [2.05, 4.69) is 27.2 Å². The van der Waals surface area contributed by atoms with Gasteiger partial charge in [0.15, 0.2) is 0 Å². The molecule has 1 aliphatic carbocycles. The topological polar surface area (TPSA) is 126 Å². The molecule has 1 aromatic heterocycles. The van der Waals surface area contributed by atoms with Crippen molar-refractivity contribution in [2.75, 3.05) is 11.1 Å². The van der Waals surface area contributed by atoms with E-state index in [1.165, 1.54) is 6.33 Å². The van der Waals surface area contributed by atoms with E-state index >= 15 is 0 Å². The zero-order valence-electron chi connectivity index (χ0n) is 18.7. The molecule has 0 bridgehead atoms. The van der Waals surface area contributed by atoms with Gasteiger partial charge in [-0.3, -0.25) is 4.79 Å². The second kappa shape index (κ2) is 10.5. The molecule has 34 heavy (non-hydrogen) atoms. The Bertz CT molecular complexity index is 1200. The van der Waals surface area contributed by atoms with Gasteiger partial charge in [-0.15, -0.1) is 0 Å². The van der Waals surface area contributed by atoms with Gasteiger partial charge in [0.25, 0.3) is 5.91 Å². The molecule has 4 rings (SSSR count). The van der Waals surface area contributed by atoms with Crippen molar-refractivity contribution in [3.8, 4) is 28.7 Å². The summed E-state index contributed by atoms with van der Waals surface area (Å²) in [4.78, 5) is 20.5. The Labute approximate surface area is 198 Å². The minimum absolute atomic E-state index is 0.0303. The summed E-state index contributed by atoms with van der Waals surface area (Å²) in [6.07, 6.45) is 4.73. The Morgan fingerprint density at radius 3 is 2.32 bits per heavy atom. The Balaban J connectivity index is 1.42. The van der Waals surface area contributed by atoms with Gasteiger partial charge in [0, 0.05) is 12.1 Å². The van der Waals surface area contributed by atoms with Crippen LogP contribution in [0.3, 0.4) is 0 Å². The fourth-order valence-corrected chi connectivity index (χ4v) is 4.01. The standard InChI is InChI=1S/C26H26N6O2/c1-17(15-27)26(33)32-20-11-9-19(10-12-20)31-25-23(24(28)29-16-30-25)18-7-13-22(14-8-18)34-21-5-3-2-4-6-21/h2-8,13-14,16,19-20H,1,9-12H2,(H,32,33)(H3,28,29,30,31)/t19-,20+. The summed E-state index contributed by atoms with van der Waals surface area (Å²) < 4.78 is 5.88. The molecule has 1 fully saturated rings. The number of rotatable bonds is 7. The number of nitrogens with two attached hydrogens (primary N) is 1. The normalized spacial score (nSPS) is 17.3. The predicted octanol–water partition coefficient (Wildman–Crippen LogP) is 4.44. The molecule has 172 valence electrons. The minimum Gasteiger partial charge on any atom is -0.457 e. The molecule has 0 aliphatic heterocycles. The number of hydrogen-bond donors (Lipinski definition) is 3. The second-order valence-electron chi connectivity index (χ2n) is 8.18. The molecule has 1 amide bonds. The zero-order chi connectivity index (χ0) is 23.9. The van der Waals surface area contributed by atoms with Crippen LogP contribution in [0.1, 0.15) is 25.7 Å². The van der Waals surface area contributed by atoms with Gasteiger partial charge in [-0.05, 0) is 55.5 Å². The van der Waals surface area contributed by atoms with Gasteiger partial charge < -0.3 is 21.1 Å². The van der Waals surface area contributed by atoms with Crippen molar-refractivity contribution < 1.29 is 9.53 Å². The van der Waals surface area contributed by atoms with Crippen molar-refractivity contribution in [2.24, 2.45) is 0 Å². The molecule has 0 unspecified atom stereocenters. The van der Waals surface area contributed by atoms with Gasteiger partial charge in [0.2, 0.25) is 0 Å². The first kappa shape index (κ1) is 22.8. The van der Waals surface area contributed by atoms with E-state index in [4.69, 9.17) is 15.7 Å². The largest absolute Gasteiger partial charge is 0.457 e. The fraction of sp³-hybridized carbons (Fsp3) is 0.231. The third kappa shape index (κ3) is 5.51. The number of anilines is 2. The van der Waals surface area contributed by atoms with Crippen molar-refractivity contribution in [3.63, 3.8) is 0 Å². The number of amides is 1. The molecule has 4 N–H and O–H groups in total. The number of nitrogen functional groups attached to an aromatic ring is 1. The lowest BCUT2D eigenvalue weighted by Crippen LogP contribution is -2.40. The number of benzene rings is 2. The summed E-state index contributed by atoms with van der Waals surface area (Å²) in [5.74, 6) is 2.16. The first-order chi connectivity index (χ1) is 16.5. The van der Waals surface area contributed by atoms with Crippen molar-refractivity contribution in [2.45, 2.75) is 37.8 Å². The van der Waals surface area contributed by atoms with Crippen LogP contribution in [0.15, 0.2) is 73.1 Å². The number of aromatic nitrogens is 2. The predicted molar refractivity (Wildman–Crippen MR) is 131 cm³/mol. The number of carbonyl (C=O) groups is 1. The number of hydrogen-bond acceptors (Lipinski definition) is 7. The maximum absolute atomic E-state index is 11.9. The summed E-state index contributed by atoms with van der Waals surface area (Å²) in [6.45, 7) is 3.46. The Hall–Kier alpha value is -4.38. The zero-order valence-corrected chi connectivity index (χ0v) is 18.7. The van der Waals surface area contributed by atoms with Crippen LogP contribution in [-0.4, -0.2) is 28.0 Å². The van der Waals surface area contributed by atoms with Gasteiger partial charge in [-0.25, -0.2) is 9.97 Å². The van der Waals surface area contributed by atoms with Crippen LogP contribution in [0.25, 0.3) is 11.1 Å². The van der Waals surface area contributed by atoms with Gasteiger partial charge in [0.05, 0.1) is 5.56 Å². The fourth-order valence-electron chi connectivity index (χ4n) is 4.01. The average Bonchev–Trinajstić information content (AvgIpc) is 2.86. The summed E-state index contributed by atoms with van der Waals surface area (Å²) in [6, 6.07) is 19.2. The molecule has 8 heteroatoms. The van der Waals surface area contributed by atoms with Crippen LogP contribution in [0, 0.1) is 11.3 Å². The van der Waals surface area contributed by atoms with Crippen LogP contribution >= 0.6 is 0 Å². The first-order valence-corrected chi connectivity index (χ1v) is 11.1. The molecule has 0 atom stereocenters. The van der Waals surface area contributed by atoms with Gasteiger partial charge >= 0.3 is 0 Å². The third-order valence-corrected chi connectivity index (χ3v) is 5.81. The highest BCUT2D eigenvalue weighted by atomic mass is 16.5. The lowest BCUT2D eigenvalue weighted by Gasteiger charge is -2.30. The monoisotopic (exact) mass is 454 g/mol.